The fourth-order valence-electron chi connectivity index (χ4n) is 3.68. The summed E-state index contributed by atoms with van der Waals surface area (Å²) in [5, 5.41) is 12.3. The lowest BCUT2D eigenvalue weighted by Crippen LogP contribution is -3.13. The lowest BCUT2D eigenvalue weighted by atomic mass is 9.93. The first-order valence-corrected chi connectivity index (χ1v) is 9.17. The van der Waals surface area contributed by atoms with Crippen molar-refractivity contribution in [2.24, 2.45) is 11.7 Å². The molecule has 0 bridgehead atoms. The third-order valence-corrected chi connectivity index (χ3v) is 5.21. The van der Waals surface area contributed by atoms with Gasteiger partial charge in [0.1, 0.15) is 5.75 Å². The number of quaternary nitrogens is 1. The Balaban J connectivity index is 1.89. The number of carbonyl (C=O) groups excluding carboxylic acids is 1. The van der Waals surface area contributed by atoms with Crippen LogP contribution in [-0.2, 0) is 16.1 Å². The van der Waals surface area contributed by atoms with Crippen LogP contribution in [0, 0.1) is 5.92 Å². The van der Waals surface area contributed by atoms with E-state index in [2.05, 4.69) is 15.5 Å². The summed E-state index contributed by atoms with van der Waals surface area (Å²) in [7, 11) is 3.31. The zero-order chi connectivity index (χ0) is 19.2. The molecule has 0 spiro atoms. The summed E-state index contributed by atoms with van der Waals surface area (Å²) in [5.74, 6) is 1.35. The predicted octanol–water partition coefficient (Wildman–Crippen LogP) is -0.802. The zero-order valence-electron chi connectivity index (χ0n) is 15.8. The molecule has 0 saturated carbocycles. The number of nitrogens with zero attached hydrogens (tertiary/aromatic N) is 4. The van der Waals surface area contributed by atoms with Gasteiger partial charge in [0.15, 0.2) is 6.04 Å². The van der Waals surface area contributed by atoms with Gasteiger partial charge < -0.3 is 20.1 Å². The number of rotatable bonds is 8. The highest BCUT2D eigenvalue weighted by atomic mass is 16.5. The second-order valence-corrected chi connectivity index (χ2v) is 6.79. The van der Waals surface area contributed by atoms with Crippen LogP contribution in [0.25, 0.3) is 0 Å². The molecule has 1 amide bonds. The summed E-state index contributed by atoms with van der Waals surface area (Å²) in [5.41, 5.74) is 6.60. The summed E-state index contributed by atoms with van der Waals surface area (Å²) in [6, 6.07) is 7.96. The van der Waals surface area contributed by atoms with Gasteiger partial charge in [-0.25, -0.2) is 4.68 Å². The molecular weight excluding hydrogens is 348 g/mol. The fraction of sp³-hybridized carbons (Fsp3) is 0.556. The first-order chi connectivity index (χ1) is 13.1. The van der Waals surface area contributed by atoms with Gasteiger partial charge in [-0.1, -0.05) is 0 Å². The number of nitrogens with two attached hydrogens (primary N) is 1. The Morgan fingerprint density at radius 2 is 2.00 bits per heavy atom. The van der Waals surface area contributed by atoms with Crippen LogP contribution in [0.1, 0.15) is 30.3 Å². The number of amides is 1. The molecule has 1 aliphatic rings. The molecule has 1 aliphatic heterocycles. The number of ether oxygens (including phenoxy) is 2. The largest absolute Gasteiger partial charge is 0.497 e. The maximum absolute atomic E-state index is 11.5. The highest BCUT2D eigenvalue weighted by Crippen LogP contribution is 2.22. The van der Waals surface area contributed by atoms with Crippen molar-refractivity contribution in [3.63, 3.8) is 0 Å². The molecule has 1 saturated heterocycles. The zero-order valence-corrected chi connectivity index (χ0v) is 15.8. The average Bonchev–Trinajstić information content (AvgIpc) is 3.15. The third-order valence-electron chi connectivity index (χ3n) is 5.21. The van der Waals surface area contributed by atoms with E-state index in [1.807, 2.05) is 24.3 Å². The van der Waals surface area contributed by atoms with Crippen LogP contribution in [0.4, 0.5) is 0 Å². The molecular formula is C18H27N6O3+. The van der Waals surface area contributed by atoms with Crippen molar-refractivity contribution in [1.82, 2.24) is 20.2 Å². The fourth-order valence-corrected chi connectivity index (χ4v) is 3.68. The lowest BCUT2D eigenvalue weighted by Gasteiger charge is -2.33. The van der Waals surface area contributed by atoms with Gasteiger partial charge in [-0.3, -0.25) is 4.79 Å². The number of primary amides is 1. The van der Waals surface area contributed by atoms with Crippen molar-refractivity contribution in [3.8, 4) is 5.75 Å². The molecule has 27 heavy (non-hydrogen) atoms. The van der Waals surface area contributed by atoms with Gasteiger partial charge in [-0.15, -0.1) is 5.10 Å². The Labute approximate surface area is 158 Å². The predicted molar refractivity (Wildman–Crippen MR) is 97.1 cm³/mol. The van der Waals surface area contributed by atoms with Crippen molar-refractivity contribution in [2.75, 3.05) is 33.9 Å². The van der Waals surface area contributed by atoms with Crippen LogP contribution in [-0.4, -0.2) is 60.0 Å². The summed E-state index contributed by atoms with van der Waals surface area (Å²) in [6.07, 6.45) is 1.55. The molecule has 1 aromatic heterocycles. The van der Waals surface area contributed by atoms with E-state index in [1.54, 1.807) is 18.9 Å². The first kappa shape index (κ1) is 19.2. The molecule has 2 heterocycles. The van der Waals surface area contributed by atoms with Crippen LogP contribution in [0.15, 0.2) is 24.3 Å². The minimum Gasteiger partial charge on any atom is -0.497 e. The molecule has 0 radical (unpaired) electrons. The Kier molecular flexibility index (Phi) is 6.36. The van der Waals surface area contributed by atoms with Crippen LogP contribution >= 0.6 is 0 Å². The van der Waals surface area contributed by atoms with E-state index in [9.17, 15) is 4.79 Å². The van der Waals surface area contributed by atoms with Crippen molar-refractivity contribution in [3.05, 3.63) is 35.7 Å². The third kappa shape index (κ3) is 4.42. The molecule has 1 aromatic carbocycles. The number of aromatic nitrogens is 4. The smallest absolute Gasteiger partial charge is 0.220 e. The van der Waals surface area contributed by atoms with E-state index in [4.69, 9.17) is 15.2 Å². The topological polar surface area (TPSA) is 110 Å². The summed E-state index contributed by atoms with van der Waals surface area (Å²) < 4.78 is 12.3. The molecule has 1 fully saturated rings. The summed E-state index contributed by atoms with van der Waals surface area (Å²) in [6.45, 7) is 2.79. The van der Waals surface area contributed by atoms with E-state index < -0.39 is 0 Å². The number of hydrogen-bond acceptors (Lipinski definition) is 6. The standard InChI is InChI=1S/C18H26N6O3/c1-26-12-11-24-18(20-21-22-24)16(13-3-5-15(27-2)6-4-13)23-9-7-14(8-10-23)17(19)25/h3-6,14,16H,7-12H2,1-2H3,(H2,19,25)/p+1/t16-/m1/s1. The Bertz CT molecular complexity index is 740. The van der Waals surface area contributed by atoms with Crippen LogP contribution < -0.4 is 15.4 Å². The summed E-state index contributed by atoms with van der Waals surface area (Å²) >= 11 is 0. The molecule has 0 unspecified atom stereocenters. The maximum Gasteiger partial charge on any atom is 0.220 e. The molecule has 146 valence electrons. The van der Waals surface area contributed by atoms with Crippen molar-refractivity contribution < 1.29 is 19.2 Å². The van der Waals surface area contributed by atoms with E-state index >= 15 is 0 Å². The number of tetrazole rings is 1. The second-order valence-electron chi connectivity index (χ2n) is 6.79. The Morgan fingerprint density at radius 1 is 1.30 bits per heavy atom. The molecule has 2 aromatic rings. The number of nitrogens with one attached hydrogen (secondary N) is 1. The maximum atomic E-state index is 11.5. The van der Waals surface area contributed by atoms with Gasteiger partial charge in [-0.05, 0) is 34.7 Å². The Hall–Kier alpha value is -2.52. The lowest BCUT2D eigenvalue weighted by molar-refractivity contribution is -0.931. The van der Waals surface area contributed by atoms with Crippen LogP contribution in [0.5, 0.6) is 5.75 Å². The normalized spacial score (nSPS) is 21.0. The van der Waals surface area contributed by atoms with E-state index in [1.165, 1.54) is 4.90 Å². The molecule has 9 nitrogen and oxygen atoms in total. The van der Waals surface area contributed by atoms with Gasteiger partial charge >= 0.3 is 0 Å². The summed E-state index contributed by atoms with van der Waals surface area (Å²) in [4.78, 5) is 12.8. The average molecular weight is 375 g/mol. The number of likely N-dealkylation sites (tertiary alicyclic amines) is 1. The SMILES string of the molecule is COCCn1nnnc1[C@@H](c1ccc(OC)cc1)[NH+]1CCC(C(N)=O)CC1. The number of piperidine rings is 1. The molecule has 3 rings (SSSR count). The van der Waals surface area contributed by atoms with E-state index in [-0.39, 0.29) is 17.9 Å². The number of hydrogen-bond donors (Lipinski definition) is 2. The minimum absolute atomic E-state index is 0.0309. The van der Waals surface area contributed by atoms with Gasteiger partial charge in [0.2, 0.25) is 11.7 Å². The van der Waals surface area contributed by atoms with Gasteiger partial charge in [-0.2, -0.15) is 0 Å². The monoisotopic (exact) mass is 375 g/mol. The van der Waals surface area contributed by atoms with Gasteiger partial charge in [0.05, 0.1) is 33.4 Å². The van der Waals surface area contributed by atoms with E-state index in [0.717, 1.165) is 43.1 Å². The molecule has 3 N–H and O–H groups in total. The molecule has 9 heteroatoms. The van der Waals surface area contributed by atoms with E-state index in [0.29, 0.717) is 13.2 Å². The van der Waals surface area contributed by atoms with Gasteiger partial charge in [0, 0.05) is 31.4 Å². The second kappa shape index (κ2) is 8.92. The minimum atomic E-state index is -0.208. The van der Waals surface area contributed by atoms with Crippen LogP contribution in [0.2, 0.25) is 0 Å². The Morgan fingerprint density at radius 3 is 2.59 bits per heavy atom. The highest BCUT2D eigenvalue weighted by molar-refractivity contribution is 5.76. The quantitative estimate of drug-likeness (QED) is 0.625. The number of benzene rings is 1. The number of methoxy groups -OCH3 is 2. The van der Waals surface area contributed by atoms with Crippen molar-refractivity contribution in [1.29, 1.82) is 0 Å². The molecule has 0 aliphatic carbocycles. The first-order valence-electron chi connectivity index (χ1n) is 9.17. The highest BCUT2D eigenvalue weighted by Gasteiger charge is 2.35. The number of carbonyl (C=O) groups is 1. The van der Waals surface area contributed by atoms with Crippen molar-refractivity contribution >= 4 is 5.91 Å². The van der Waals surface area contributed by atoms with Gasteiger partial charge in [0.25, 0.3) is 0 Å². The van der Waals surface area contributed by atoms with Crippen LogP contribution in [0.3, 0.4) is 0 Å². The molecule has 1 atom stereocenters. The van der Waals surface area contributed by atoms with Crippen molar-refractivity contribution in [2.45, 2.75) is 25.4 Å².